The lowest BCUT2D eigenvalue weighted by Gasteiger charge is -2.11. The zero-order valence-corrected chi connectivity index (χ0v) is 16.8. The van der Waals surface area contributed by atoms with Gasteiger partial charge in [-0.2, -0.15) is 0 Å². The van der Waals surface area contributed by atoms with Crippen LogP contribution < -0.4 is 20.4 Å². The molecule has 0 bridgehead atoms. The van der Waals surface area contributed by atoms with E-state index in [1.54, 1.807) is 31.4 Å². The van der Waals surface area contributed by atoms with Gasteiger partial charge in [0, 0.05) is 17.5 Å². The minimum atomic E-state index is -0.613. The Bertz CT molecular complexity index is 1280. The number of anilines is 1. The van der Waals surface area contributed by atoms with Crippen LogP contribution in [0.25, 0.3) is 21.2 Å². The fourth-order valence-electron chi connectivity index (χ4n) is 2.93. The smallest absolute Gasteiger partial charge is 0.337 e. The van der Waals surface area contributed by atoms with Crippen molar-refractivity contribution >= 4 is 43.6 Å². The van der Waals surface area contributed by atoms with E-state index in [2.05, 4.69) is 10.3 Å². The average molecular weight is 410 g/mol. The number of rotatable bonds is 5. The number of hydrogen-bond acceptors (Lipinski definition) is 7. The summed E-state index contributed by atoms with van der Waals surface area (Å²) in [7, 11) is 1.59. The van der Waals surface area contributed by atoms with Crippen molar-refractivity contribution in [3.05, 3.63) is 58.4 Å². The standard InChI is InChI=1S/C21H18N2O5S/c1-11(2)27-13-4-6-14-15(10-19(24)28-17(14)8-13)20(25)23-21-22-16-7-5-12(26-3)9-18(16)29-21/h4-11H,1-3H3,(H,22,23,25). The molecule has 0 radical (unpaired) electrons. The number of benzene rings is 2. The number of thiazole rings is 1. The summed E-state index contributed by atoms with van der Waals surface area (Å²) in [5.74, 6) is 0.838. The van der Waals surface area contributed by atoms with Crippen LogP contribution in [0.5, 0.6) is 11.5 Å². The number of carbonyl (C=O) groups is 1. The largest absolute Gasteiger partial charge is 0.497 e. The molecular weight excluding hydrogens is 392 g/mol. The molecule has 1 amide bonds. The van der Waals surface area contributed by atoms with Crippen LogP contribution in [0.2, 0.25) is 0 Å². The van der Waals surface area contributed by atoms with Gasteiger partial charge in [0.25, 0.3) is 5.91 Å². The van der Waals surface area contributed by atoms with Crippen molar-refractivity contribution in [3.8, 4) is 11.5 Å². The van der Waals surface area contributed by atoms with E-state index in [9.17, 15) is 9.59 Å². The topological polar surface area (TPSA) is 90.7 Å². The maximum absolute atomic E-state index is 12.9. The highest BCUT2D eigenvalue weighted by molar-refractivity contribution is 7.22. The molecule has 0 atom stereocenters. The second kappa shape index (κ2) is 7.56. The lowest BCUT2D eigenvalue weighted by atomic mass is 10.1. The number of hydrogen-bond donors (Lipinski definition) is 1. The molecule has 4 aromatic rings. The number of aromatic nitrogens is 1. The summed E-state index contributed by atoms with van der Waals surface area (Å²) in [6.45, 7) is 3.80. The Morgan fingerprint density at radius 1 is 1.14 bits per heavy atom. The molecule has 7 nitrogen and oxygen atoms in total. The Morgan fingerprint density at radius 2 is 1.93 bits per heavy atom. The number of fused-ring (bicyclic) bond motifs is 2. The van der Waals surface area contributed by atoms with Crippen molar-refractivity contribution in [2.24, 2.45) is 0 Å². The molecule has 0 fully saturated rings. The van der Waals surface area contributed by atoms with Gasteiger partial charge in [-0.1, -0.05) is 11.3 Å². The summed E-state index contributed by atoms with van der Waals surface area (Å²) in [6.07, 6.45) is -0.0247. The number of carbonyl (C=O) groups excluding carboxylic acids is 1. The molecule has 2 heterocycles. The first-order valence-electron chi connectivity index (χ1n) is 8.93. The first-order chi connectivity index (χ1) is 13.9. The van der Waals surface area contributed by atoms with Gasteiger partial charge < -0.3 is 13.9 Å². The maximum Gasteiger partial charge on any atom is 0.337 e. The number of methoxy groups -OCH3 is 1. The molecule has 1 N–H and O–H groups in total. The first kappa shape index (κ1) is 18.9. The molecule has 8 heteroatoms. The van der Waals surface area contributed by atoms with Gasteiger partial charge in [0.2, 0.25) is 0 Å². The van der Waals surface area contributed by atoms with Crippen molar-refractivity contribution in [1.29, 1.82) is 0 Å². The maximum atomic E-state index is 12.9. The molecule has 0 aliphatic rings. The highest BCUT2D eigenvalue weighted by Gasteiger charge is 2.16. The highest BCUT2D eigenvalue weighted by atomic mass is 32.1. The van der Waals surface area contributed by atoms with E-state index < -0.39 is 11.5 Å². The van der Waals surface area contributed by atoms with E-state index in [1.165, 1.54) is 17.4 Å². The Kier molecular flexibility index (Phi) is 4.94. The zero-order valence-electron chi connectivity index (χ0n) is 16.0. The van der Waals surface area contributed by atoms with Crippen LogP contribution in [0.3, 0.4) is 0 Å². The Balaban J connectivity index is 1.68. The van der Waals surface area contributed by atoms with Gasteiger partial charge in [-0.15, -0.1) is 0 Å². The van der Waals surface area contributed by atoms with Gasteiger partial charge in [-0.3, -0.25) is 10.1 Å². The van der Waals surface area contributed by atoms with Crippen molar-refractivity contribution in [2.45, 2.75) is 20.0 Å². The number of nitrogens with one attached hydrogen (secondary N) is 1. The van der Waals surface area contributed by atoms with E-state index in [-0.39, 0.29) is 17.3 Å². The summed E-state index contributed by atoms with van der Waals surface area (Å²) in [5.41, 5.74) is 0.636. The monoisotopic (exact) mass is 410 g/mol. The molecule has 0 saturated carbocycles. The molecule has 148 valence electrons. The van der Waals surface area contributed by atoms with Crippen LogP contribution in [0.15, 0.2) is 51.7 Å². The van der Waals surface area contributed by atoms with Crippen LogP contribution in [0.4, 0.5) is 5.13 Å². The second-order valence-corrected chi connectivity index (χ2v) is 7.64. The molecule has 2 aromatic carbocycles. The fourth-order valence-corrected chi connectivity index (χ4v) is 3.82. The summed E-state index contributed by atoms with van der Waals surface area (Å²) in [5, 5.41) is 3.71. The van der Waals surface area contributed by atoms with Crippen LogP contribution >= 0.6 is 11.3 Å². The van der Waals surface area contributed by atoms with E-state index >= 15 is 0 Å². The SMILES string of the molecule is COc1ccc2nc(NC(=O)c3cc(=O)oc4cc(OC(C)C)ccc34)sc2c1. The summed E-state index contributed by atoms with van der Waals surface area (Å²) >= 11 is 1.32. The highest BCUT2D eigenvalue weighted by Crippen LogP contribution is 2.30. The van der Waals surface area contributed by atoms with Crippen molar-refractivity contribution < 1.29 is 18.7 Å². The number of ether oxygens (including phenoxy) is 2. The molecule has 0 unspecified atom stereocenters. The minimum absolute atomic E-state index is 0.0247. The average Bonchev–Trinajstić information content (AvgIpc) is 3.07. The molecule has 0 saturated heterocycles. The van der Waals surface area contributed by atoms with Gasteiger partial charge in [-0.05, 0) is 44.2 Å². The molecule has 29 heavy (non-hydrogen) atoms. The van der Waals surface area contributed by atoms with Gasteiger partial charge in [0.05, 0.1) is 29.0 Å². The third-order valence-corrected chi connectivity index (χ3v) is 5.08. The van der Waals surface area contributed by atoms with Crippen LogP contribution in [-0.2, 0) is 0 Å². The second-order valence-electron chi connectivity index (χ2n) is 6.61. The van der Waals surface area contributed by atoms with Gasteiger partial charge in [0.15, 0.2) is 5.13 Å². The first-order valence-corrected chi connectivity index (χ1v) is 9.75. The third kappa shape index (κ3) is 3.93. The Hall–Kier alpha value is -3.39. The van der Waals surface area contributed by atoms with Crippen molar-refractivity contribution in [2.75, 3.05) is 12.4 Å². The van der Waals surface area contributed by atoms with Crippen LogP contribution in [0, 0.1) is 0 Å². The van der Waals surface area contributed by atoms with Crippen LogP contribution in [0.1, 0.15) is 24.2 Å². The van der Waals surface area contributed by atoms with E-state index in [1.807, 2.05) is 26.0 Å². The predicted octanol–water partition coefficient (Wildman–Crippen LogP) is 4.45. The van der Waals surface area contributed by atoms with Gasteiger partial charge in [-0.25, -0.2) is 9.78 Å². The molecule has 2 aromatic heterocycles. The van der Waals surface area contributed by atoms with Gasteiger partial charge >= 0.3 is 5.63 Å². The van der Waals surface area contributed by atoms with E-state index in [0.717, 1.165) is 10.2 Å². The summed E-state index contributed by atoms with van der Waals surface area (Å²) < 4.78 is 17.0. The number of amides is 1. The molecule has 4 rings (SSSR count). The lowest BCUT2D eigenvalue weighted by Crippen LogP contribution is -2.15. The Morgan fingerprint density at radius 3 is 2.69 bits per heavy atom. The molecular formula is C21H18N2O5S. The van der Waals surface area contributed by atoms with Gasteiger partial charge in [0.1, 0.15) is 17.1 Å². The summed E-state index contributed by atoms with van der Waals surface area (Å²) in [6, 6.07) is 11.7. The lowest BCUT2D eigenvalue weighted by molar-refractivity contribution is 0.102. The fraction of sp³-hybridized carbons (Fsp3) is 0.190. The van der Waals surface area contributed by atoms with E-state index in [0.29, 0.717) is 22.0 Å². The number of nitrogens with zero attached hydrogens (tertiary/aromatic N) is 1. The Labute approximate surface area is 169 Å². The van der Waals surface area contributed by atoms with E-state index in [4.69, 9.17) is 13.9 Å². The summed E-state index contributed by atoms with van der Waals surface area (Å²) in [4.78, 5) is 29.3. The predicted molar refractivity (Wildman–Crippen MR) is 112 cm³/mol. The quantitative estimate of drug-likeness (QED) is 0.489. The van der Waals surface area contributed by atoms with Crippen molar-refractivity contribution in [3.63, 3.8) is 0 Å². The molecule has 0 spiro atoms. The minimum Gasteiger partial charge on any atom is -0.497 e. The molecule has 0 aliphatic carbocycles. The van der Waals surface area contributed by atoms with Crippen LogP contribution in [-0.4, -0.2) is 24.1 Å². The van der Waals surface area contributed by atoms with Crippen molar-refractivity contribution in [1.82, 2.24) is 4.98 Å². The zero-order chi connectivity index (χ0) is 20.5. The third-order valence-electron chi connectivity index (χ3n) is 4.15. The molecule has 0 aliphatic heterocycles. The normalized spacial score (nSPS) is 11.2.